The van der Waals surface area contributed by atoms with Crippen molar-refractivity contribution in [1.29, 1.82) is 0 Å². The van der Waals surface area contributed by atoms with E-state index in [0.29, 0.717) is 18.9 Å². The van der Waals surface area contributed by atoms with E-state index in [9.17, 15) is 19.2 Å². The molecule has 11 nitrogen and oxygen atoms in total. The highest BCUT2D eigenvalue weighted by Gasteiger charge is 2.40. The Morgan fingerprint density at radius 3 is 2.36 bits per heavy atom. The molecular formula is C48H55N5O6. The van der Waals surface area contributed by atoms with E-state index in [1.165, 1.54) is 58.8 Å². The number of carbonyl (C=O) groups is 4. The lowest BCUT2D eigenvalue weighted by Crippen LogP contribution is -2.53. The minimum atomic E-state index is -0.690. The third-order valence-corrected chi connectivity index (χ3v) is 13.0. The summed E-state index contributed by atoms with van der Waals surface area (Å²) in [5.74, 6) is -0.0478. The Balaban J connectivity index is 0.962. The fraction of sp³-hybridized carbons (Fsp3) is 0.458. The van der Waals surface area contributed by atoms with Crippen LogP contribution in [-0.2, 0) is 23.9 Å². The highest BCUT2D eigenvalue weighted by Crippen LogP contribution is 2.48. The predicted molar refractivity (Wildman–Crippen MR) is 230 cm³/mol. The molecule has 3 amide bonds. The van der Waals surface area contributed by atoms with Crippen LogP contribution in [0.15, 0.2) is 70.2 Å². The van der Waals surface area contributed by atoms with E-state index in [-0.39, 0.29) is 66.0 Å². The van der Waals surface area contributed by atoms with Gasteiger partial charge in [-0.25, -0.2) is 9.79 Å². The largest absolute Gasteiger partial charge is 0.469 e. The van der Waals surface area contributed by atoms with Crippen molar-refractivity contribution >= 4 is 59.2 Å². The number of nitrogens with one attached hydrogen (secondary N) is 1. The smallest absolute Gasteiger partial charge is 0.407 e. The Labute approximate surface area is 347 Å². The molecule has 59 heavy (non-hydrogen) atoms. The number of carbonyl (C=O) groups excluding carboxylic acids is 4. The molecule has 6 atom stereocenters. The number of fused-ring (bicyclic) bond motifs is 5. The molecule has 0 spiro atoms. The topological polar surface area (TPSA) is 130 Å². The number of amides is 3. The number of nitrogens with zero attached hydrogens (tertiary/aromatic N) is 4. The van der Waals surface area contributed by atoms with Gasteiger partial charge in [0.15, 0.2) is 0 Å². The number of rotatable bonds is 11. The van der Waals surface area contributed by atoms with E-state index in [1.54, 1.807) is 0 Å². The number of benzene rings is 2. The molecule has 3 heterocycles. The average molecular weight is 798 g/mol. The van der Waals surface area contributed by atoms with Crippen LogP contribution in [0.5, 0.6) is 0 Å². The predicted octanol–water partition coefficient (Wildman–Crippen LogP) is 7.79. The van der Waals surface area contributed by atoms with Crippen LogP contribution in [0.1, 0.15) is 112 Å². The van der Waals surface area contributed by atoms with E-state index < -0.39 is 12.1 Å². The van der Waals surface area contributed by atoms with E-state index in [2.05, 4.69) is 72.1 Å². The van der Waals surface area contributed by atoms with Gasteiger partial charge in [-0.1, -0.05) is 76.3 Å². The van der Waals surface area contributed by atoms with Crippen molar-refractivity contribution in [2.24, 2.45) is 27.7 Å². The molecule has 0 radical (unpaired) electrons. The zero-order valence-electron chi connectivity index (χ0n) is 34.9. The Morgan fingerprint density at radius 2 is 1.63 bits per heavy atom. The second-order valence-electron chi connectivity index (χ2n) is 17.3. The summed E-state index contributed by atoms with van der Waals surface area (Å²) in [6.45, 7) is 9.12. The van der Waals surface area contributed by atoms with Crippen LogP contribution in [0.4, 0.5) is 4.79 Å². The van der Waals surface area contributed by atoms with Gasteiger partial charge in [-0.05, 0) is 112 Å². The fourth-order valence-electron chi connectivity index (χ4n) is 9.73. The quantitative estimate of drug-likeness (QED) is 0.231. The lowest BCUT2D eigenvalue weighted by atomic mass is 9.83. The Morgan fingerprint density at radius 1 is 0.864 bits per heavy atom. The van der Waals surface area contributed by atoms with E-state index in [4.69, 9.17) is 19.5 Å². The van der Waals surface area contributed by atoms with Crippen molar-refractivity contribution < 1.29 is 28.7 Å². The first-order valence-corrected chi connectivity index (χ1v) is 21.2. The van der Waals surface area contributed by atoms with Gasteiger partial charge in [0, 0.05) is 25.2 Å². The summed E-state index contributed by atoms with van der Waals surface area (Å²) >= 11 is 0. The normalized spacial score (nSPS) is 23.7. The molecule has 2 aromatic carbocycles. The van der Waals surface area contributed by atoms with Crippen LogP contribution < -0.4 is 5.32 Å². The molecule has 3 aliphatic carbocycles. The number of aliphatic imine (C=N–C) groups is 2. The van der Waals surface area contributed by atoms with Crippen molar-refractivity contribution in [1.82, 2.24) is 15.1 Å². The van der Waals surface area contributed by atoms with E-state index in [1.807, 2.05) is 43.7 Å². The Bertz CT molecular complexity index is 2250. The maximum Gasteiger partial charge on any atom is 0.407 e. The standard InChI is InChI=1S/C48H55N5O6/c1-27(2)38(25-43(54)58-5)46(55)52-19-7-9-41(52)33-12-11-29(22-33)30-13-16-35-31(21-30)14-18-37-36-17-15-32(23-34(36)24-39(35)37)40-26-49-45(50-40)42-10-8-20-53(42)47(56)44(28(3)4)51-48(57)59-6/h12-18,21-24,26-28,37-38,40-42,44H,7-11,19-20,25H2,1-6H3,(H,51,57)/t37?,38-,40?,41?,42?,44-/m0/s1. The van der Waals surface area contributed by atoms with Gasteiger partial charge in [0.05, 0.1) is 38.6 Å². The highest BCUT2D eigenvalue weighted by molar-refractivity contribution is 6.03. The van der Waals surface area contributed by atoms with Crippen LogP contribution in [0.2, 0.25) is 0 Å². The van der Waals surface area contributed by atoms with Crippen molar-refractivity contribution in [3.05, 3.63) is 93.6 Å². The monoisotopic (exact) mass is 797 g/mol. The van der Waals surface area contributed by atoms with Crippen LogP contribution in [-0.4, -0.2) is 91.2 Å². The van der Waals surface area contributed by atoms with Gasteiger partial charge in [0.25, 0.3) is 0 Å². The summed E-state index contributed by atoms with van der Waals surface area (Å²) in [5, 5.41) is 2.71. The van der Waals surface area contributed by atoms with Gasteiger partial charge in [0.1, 0.15) is 17.9 Å². The minimum absolute atomic E-state index is 0.0259. The minimum Gasteiger partial charge on any atom is -0.469 e. The molecule has 6 aliphatic rings. The number of allylic oxidation sites excluding steroid dienone is 4. The van der Waals surface area contributed by atoms with Crippen molar-refractivity contribution in [3.8, 4) is 0 Å². The van der Waals surface area contributed by atoms with E-state index >= 15 is 0 Å². The van der Waals surface area contributed by atoms with Gasteiger partial charge in [0.2, 0.25) is 11.8 Å². The van der Waals surface area contributed by atoms with Crippen LogP contribution >= 0.6 is 0 Å². The molecule has 2 aromatic rings. The molecule has 308 valence electrons. The maximum absolute atomic E-state index is 13.8. The van der Waals surface area contributed by atoms with Crippen molar-refractivity contribution in [2.45, 2.75) is 96.3 Å². The molecule has 2 saturated heterocycles. The molecule has 11 heteroatoms. The molecular weight excluding hydrogens is 743 g/mol. The first-order chi connectivity index (χ1) is 28.4. The van der Waals surface area contributed by atoms with E-state index in [0.717, 1.165) is 37.7 Å². The summed E-state index contributed by atoms with van der Waals surface area (Å²) in [5.41, 5.74) is 10.9. The number of ether oxygens (including phenoxy) is 2. The van der Waals surface area contributed by atoms with Crippen molar-refractivity contribution in [2.75, 3.05) is 27.3 Å². The SMILES string of the molecule is COC(=O)C[C@H](C(=O)N1CCCC1C1=CCC(c2ccc3c(c2)C=CC2C3=Cc3cc(C4C=NC(C5CCCN5C(=O)[C@@H](NC(=O)OC)C(C)C)=N4)ccc32)=C1)C(C)C. The molecule has 2 fully saturated rings. The van der Waals surface area contributed by atoms with Gasteiger partial charge >= 0.3 is 12.1 Å². The van der Waals surface area contributed by atoms with Crippen LogP contribution in [0, 0.1) is 17.8 Å². The number of amidine groups is 1. The zero-order valence-corrected chi connectivity index (χ0v) is 34.9. The molecule has 3 aliphatic heterocycles. The maximum atomic E-state index is 13.8. The third-order valence-electron chi connectivity index (χ3n) is 13.0. The second kappa shape index (κ2) is 16.6. The van der Waals surface area contributed by atoms with Gasteiger partial charge in [-0.15, -0.1) is 0 Å². The first-order valence-electron chi connectivity index (χ1n) is 21.2. The highest BCUT2D eigenvalue weighted by atomic mass is 16.5. The van der Waals surface area contributed by atoms with Gasteiger partial charge in [-0.3, -0.25) is 19.4 Å². The van der Waals surface area contributed by atoms with Gasteiger partial charge < -0.3 is 24.6 Å². The zero-order chi connectivity index (χ0) is 41.5. The number of methoxy groups -OCH3 is 2. The van der Waals surface area contributed by atoms with Gasteiger partial charge in [-0.2, -0.15) is 0 Å². The molecule has 0 aromatic heterocycles. The second-order valence-corrected chi connectivity index (χ2v) is 17.3. The number of hydrogen-bond acceptors (Lipinski definition) is 8. The molecule has 0 saturated carbocycles. The Kier molecular flexibility index (Phi) is 11.3. The first kappa shape index (κ1) is 40.2. The lowest BCUT2D eigenvalue weighted by Gasteiger charge is -2.30. The summed E-state index contributed by atoms with van der Waals surface area (Å²) in [6.07, 6.45) is 17.1. The lowest BCUT2D eigenvalue weighted by molar-refractivity contribution is -0.148. The van der Waals surface area contributed by atoms with Crippen LogP contribution in [0.3, 0.4) is 0 Å². The summed E-state index contributed by atoms with van der Waals surface area (Å²) in [7, 11) is 2.67. The molecule has 1 N–H and O–H groups in total. The molecule has 0 bridgehead atoms. The van der Waals surface area contributed by atoms with Crippen molar-refractivity contribution in [3.63, 3.8) is 0 Å². The third kappa shape index (κ3) is 7.72. The average Bonchev–Trinajstić information content (AvgIpc) is 4.09. The fourth-order valence-corrected chi connectivity index (χ4v) is 9.73. The summed E-state index contributed by atoms with van der Waals surface area (Å²) < 4.78 is 9.70. The Hall–Kier alpha value is -5.58. The molecule has 8 rings (SSSR count). The number of alkyl carbamates (subject to hydrolysis) is 1. The summed E-state index contributed by atoms with van der Waals surface area (Å²) in [4.78, 5) is 65.2. The van der Waals surface area contributed by atoms with Crippen LogP contribution in [0.25, 0.3) is 23.3 Å². The number of esters is 1. The summed E-state index contributed by atoms with van der Waals surface area (Å²) in [6, 6.07) is 12.2. The number of hydrogen-bond donors (Lipinski definition) is 1. The number of likely N-dealkylation sites (tertiary alicyclic amines) is 2. The molecule has 4 unspecified atom stereocenters.